The van der Waals surface area contributed by atoms with Crippen molar-refractivity contribution >= 4 is 17.5 Å². The van der Waals surface area contributed by atoms with Crippen LogP contribution in [0.3, 0.4) is 0 Å². The molecule has 0 fully saturated rings. The van der Waals surface area contributed by atoms with E-state index in [2.05, 4.69) is 15.6 Å². The topological polar surface area (TPSA) is 97.1 Å². The van der Waals surface area contributed by atoms with E-state index in [1.165, 1.54) is 0 Å². The summed E-state index contributed by atoms with van der Waals surface area (Å²) in [6.07, 6.45) is 4.62. The van der Waals surface area contributed by atoms with Crippen LogP contribution in [0.5, 0.6) is 0 Å². The van der Waals surface area contributed by atoms with Crippen LogP contribution >= 0.6 is 0 Å². The summed E-state index contributed by atoms with van der Waals surface area (Å²) in [4.78, 5) is 28.8. The van der Waals surface area contributed by atoms with Gasteiger partial charge in [0.15, 0.2) is 0 Å². The summed E-state index contributed by atoms with van der Waals surface area (Å²) in [5.74, 6) is -0.251. The molecule has 1 heterocycles. The molecular formula is C20H26N4O2. The molecule has 2 amide bonds. The molecule has 0 spiro atoms. The molecule has 0 aliphatic carbocycles. The van der Waals surface area contributed by atoms with E-state index >= 15 is 0 Å². The average molecular weight is 354 g/mol. The third kappa shape index (κ3) is 4.67. The third-order valence-electron chi connectivity index (χ3n) is 4.81. The van der Waals surface area contributed by atoms with E-state index in [1.807, 2.05) is 19.9 Å². The Bertz CT molecular complexity index is 734. The first kappa shape index (κ1) is 19.6. The Balaban J connectivity index is 2.03. The van der Waals surface area contributed by atoms with Crippen LogP contribution in [-0.2, 0) is 11.3 Å². The number of anilines is 1. The Kier molecular flexibility index (Phi) is 6.86. The van der Waals surface area contributed by atoms with Crippen LogP contribution in [0.15, 0.2) is 48.8 Å². The zero-order valence-corrected chi connectivity index (χ0v) is 15.3. The molecule has 0 bridgehead atoms. The maximum Gasteiger partial charge on any atom is 0.255 e. The Morgan fingerprint density at radius 2 is 1.81 bits per heavy atom. The number of nitrogens with two attached hydrogens (primary N) is 1. The van der Waals surface area contributed by atoms with Gasteiger partial charge in [-0.3, -0.25) is 14.6 Å². The number of nitrogens with zero attached hydrogens (tertiary/aromatic N) is 1. The van der Waals surface area contributed by atoms with Gasteiger partial charge in [-0.1, -0.05) is 26.0 Å². The molecule has 0 saturated heterocycles. The second-order valence-electron chi connectivity index (χ2n) is 6.26. The highest BCUT2D eigenvalue weighted by Crippen LogP contribution is 2.25. The molecule has 6 nitrogen and oxygen atoms in total. The minimum Gasteiger partial charge on any atom is -0.352 e. The number of carbonyl (C=O) groups is 2. The fourth-order valence-corrected chi connectivity index (χ4v) is 2.78. The van der Waals surface area contributed by atoms with Crippen molar-refractivity contribution in [1.82, 2.24) is 10.3 Å². The standard InChI is InChI=1S/C20H26N4O2/c1-3-20(4-2,14-21)19(26)23-13-15-6-5-7-16(12-15)18(25)24-17-8-10-22-11-9-17/h5-12H,3-4,13-14,21H2,1-2H3,(H,23,26)(H,22,24,25). The predicted molar refractivity (Wildman–Crippen MR) is 103 cm³/mol. The number of amides is 2. The molecule has 2 rings (SSSR count). The Morgan fingerprint density at radius 1 is 1.12 bits per heavy atom. The summed E-state index contributed by atoms with van der Waals surface area (Å²) in [5, 5.41) is 5.77. The van der Waals surface area contributed by atoms with Crippen molar-refractivity contribution in [3.05, 3.63) is 59.9 Å². The van der Waals surface area contributed by atoms with Crippen LogP contribution in [0.1, 0.15) is 42.6 Å². The fourth-order valence-electron chi connectivity index (χ4n) is 2.78. The summed E-state index contributed by atoms with van der Waals surface area (Å²) < 4.78 is 0. The van der Waals surface area contributed by atoms with Crippen LogP contribution in [0.2, 0.25) is 0 Å². The molecule has 1 aromatic heterocycles. The number of rotatable bonds is 8. The van der Waals surface area contributed by atoms with Crippen molar-refractivity contribution in [2.75, 3.05) is 11.9 Å². The van der Waals surface area contributed by atoms with Crippen LogP contribution in [0, 0.1) is 5.41 Å². The Morgan fingerprint density at radius 3 is 2.42 bits per heavy atom. The summed E-state index contributed by atoms with van der Waals surface area (Å²) in [5.41, 5.74) is 7.36. The number of aromatic nitrogens is 1. The Hall–Kier alpha value is -2.73. The Labute approximate surface area is 154 Å². The monoisotopic (exact) mass is 354 g/mol. The van der Waals surface area contributed by atoms with Gasteiger partial charge in [0.05, 0.1) is 5.41 Å². The lowest BCUT2D eigenvalue weighted by atomic mass is 9.81. The molecule has 0 aliphatic heterocycles. The third-order valence-corrected chi connectivity index (χ3v) is 4.81. The lowest BCUT2D eigenvalue weighted by molar-refractivity contribution is -0.131. The minimum atomic E-state index is -0.531. The summed E-state index contributed by atoms with van der Waals surface area (Å²) >= 11 is 0. The minimum absolute atomic E-state index is 0.0448. The number of hydrogen-bond donors (Lipinski definition) is 3. The van der Waals surface area contributed by atoms with E-state index in [0.29, 0.717) is 37.2 Å². The number of hydrogen-bond acceptors (Lipinski definition) is 4. The maximum atomic E-state index is 12.5. The van der Waals surface area contributed by atoms with E-state index in [4.69, 9.17) is 5.73 Å². The summed E-state index contributed by atoms with van der Waals surface area (Å²) in [6, 6.07) is 10.7. The second-order valence-corrected chi connectivity index (χ2v) is 6.26. The quantitative estimate of drug-likeness (QED) is 0.679. The van der Waals surface area contributed by atoms with Crippen LogP contribution < -0.4 is 16.4 Å². The first-order valence-electron chi connectivity index (χ1n) is 8.83. The zero-order chi connectivity index (χ0) is 19.0. The van der Waals surface area contributed by atoms with Gasteiger partial charge < -0.3 is 16.4 Å². The molecule has 0 aliphatic rings. The van der Waals surface area contributed by atoms with Crippen LogP contribution in [0.4, 0.5) is 5.69 Å². The molecule has 4 N–H and O–H groups in total. The maximum absolute atomic E-state index is 12.5. The van der Waals surface area contributed by atoms with Crippen LogP contribution in [0.25, 0.3) is 0 Å². The average Bonchev–Trinajstić information content (AvgIpc) is 2.69. The zero-order valence-electron chi connectivity index (χ0n) is 15.3. The smallest absolute Gasteiger partial charge is 0.255 e. The molecule has 0 saturated carbocycles. The number of nitrogens with one attached hydrogen (secondary N) is 2. The molecule has 1 aromatic carbocycles. The van der Waals surface area contributed by atoms with E-state index in [0.717, 1.165) is 5.56 Å². The van der Waals surface area contributed by atoms with Gasteiger partial charge >= 0.3 is 0 Å². The van der Waals surface area contributed by atoms with Crippen molar-refractivity contribution < 1.29 is 9.59 Å². The van der Waals surface area contributed by atoms with Crippen molar-refractivity contribution in [3.63, 3.8) is 0 Å². The van der Waals surface area contributed by atoms with Gasteiger partial charge in [0.25, 0.3) is 5.91 Å². The first-order chi connectivity index (χ1) is 12.5. The molecule has 26 heavy (non-hydrogen) atoms. The van der Waals surface area contributed by atoms with Crippen molar-refractivity contribution in [3.8, 4) is 0 Å². The molecule has 2 aromatic rings. The van der Waals surface area contributed by atoms with E-state index in [9.17, 15) is 9.59 Å². The lowest BCUT2D eigenvalue weighted by Gasteiger charge is -2.28. The number of carbonyl (C=O) groups excluding carboxylic acids is 2. The normalized spacial score (nSPS) is 11.0. The fraction of sp³-hybridized carbons (Fsp3) is 0.350. The highest BCUT2D eigenvalue weighted by Gasteiger charge is 2.32. The van der Waals surface area contributed by atoms with Gasteiger partial charge in [0, 0.05) is 36.7 Å². The van der Waals surface area contributed by atoms with E-state index < -0.39 is 5.41 Å². The van der Waals surface area contributed by atoms with Gasteiger partial charge in [-0.05, 0) is 42.7 Å². The van der Waals surface area contributed by atoms with Crippen molar-refractivity contribution in [2.24, 2.45) is 11.1 Å². The number of benzene rings is 1. The van der Waals surface area contributed by atoms with Crippen molar-refractivity contribution in [2.45, 2.75) is 33.2 Å². The molecule has 0 unspecified atom stereocenters. The SMILES string of the molecule is CCC(CC)(CN)C(=O)NCc1cccc(C(=O)Nc2ccncc2)c1. The van der Waals surface area contributed by atoms with Gasteiger partial charge in [-0.15, -0.1) is 0 Å². The van der Waals surface area contributed by atoms with Crippen molar-refractivity contribution in [1.29, 1.82) is 0 Å². The second kappa shape index (κ2) is 9.10. The van der Waals surface area contributed by atoms with Gasteiger partial charge in [0.1, 0.15) is 0 Å². The van der Waals surface area contributed by atoms with Gasteiger partial charge in [-0.2, -0.15) is 0 Å². The molecular weight excluding hydrogens is 328 g/mol. The van der Waals surface area contributed by atoms with Gasteiger partial charge in [0.2, 0.25) is 5.91 Å². The predicted octanol–water partition coefficient (Wildman–Crippen LogP) is 2.72. The lowest BCUT2D eigenvalue weighted by Crippen LogP contribution is -2.45. The van der Waals surface area contributed by atoms with Crippen LogP contribution in [-0.4, -0.2) is 23.3 Å². The van der Waals surface area contributed by atoms with Gasteiger partial charge in [-0.25, -0.2) is 0 Å². The largest absolute Gasteiger partial charge is 0.352 e. The molecule has 0 atom stereocenters. The molecule has 0 radical (unpaired) electrons. The highest BCUT2D eigenvalue weighted by atomic mass is 16.2. The molecule has 138 valence electrons. The highest BCUT2D eigenvalue weighted by molar-refractivity contribution is 6.04. The first-order valence-corrected chi connectivity index (χ1v) is 8.83. The summed E-state index contributed by atoms with van der Waals surface area (Å²) in [7, 11) is 0. The molecule has 6 heteroatoms. The van der Waals surface area contributed by atoms with E-state index in [1.54, 1.807) is 42.7 Å². The van der Waals surface area contributed by atoms with E-state index in [-0.39, 0.29) is 11.8 Å². The summed E-state index contributed by atoms with van der Waals surface area (Å²) in [6.45, 7) is 4.62. The number of pyridine rings is 1.